The number of halogens is 1. The number of aromatic nitrogens is 2. The first-order valence-corrected chi connectivity index (χ1v) is 8.27. The van der Waals surface area contributed by atoms with Crippen LogP contribution >= 0.6 is 22.9 Å². The zero-order valence-electron chi connectivity index (χ0n) is 13.0. The maximum atomic E-state index is 11.0. The van der Waals surface area contributed by atoms with Crippen LogP contribution < -0.4 is 10.1 Å². The fourth-order valence-corrected chi connectivity index (χ4v) is 3.11. The number of thiophene rings is 1. The summed E-state index contributed by atoms with van der Waals surface area (Å²) in [4.78, 5) is 17.3. The largest absolute Gasteiger partial charge is 0.496 e. The lowest BCUT2D eigenvalue weighted by Crippen LogP contribution is -2.17. The van der Waals surface area contributed by atoms with Gasteiger partial charge in [0.15, 0.2) is 0 Å². The molecule has 0 radical (unpaired) electrons. The molecule has 8 heteroatoms. The Morgan fingerprint density at radius 3 is 2.96 bits per heavy atom. The molecule has 3 aromatic rings. The fourth-order valence-electron chi connectivity index (χ4n) is 2.08. The topological polar surface area (TPSA) is 77.2 Å². The molecule has 124 valence electrons. The number of hydrogen-bond donors (Lipinski definition) is 1. The molecule has 0 fully saturated rings. The molecule has 0 bridgehead atoms. The highest BCUT2D eigenvalue weighted by atomic mass is 35.5. The van der Waals surface area contributed by atoms with Crippen molar-refractivity contribution in [3.05, 3.63) is 40.2 Å². The number of nitrogens with zero attached hydrogens (tertiary/aromatic N) is 2. The number of carbonyl (C=O) groups is 1. The molecule has 0 saturated carbocycles. The second-order valence-electron chi connectivity index (χ2n) is 4.94. The normalized spacial score (nSPS) is 10.6. The summed E-state index contributed by atoms with van der Waals surface area (Å²) in [7, 11) is 1.56. The molecule has 0 saturated heterocycles. The van der Waals surface area contributed by atoms with Gasteiger partial charge < -0.3 is 14.6 Å². The van der Waals surface area contributed by atoms with E-state index in [1.54, 1.807) is 25.3 Å². The van der Waals surface area contributed by atoms with Gasteiger partial charge in [-0.3, -0.25) is 4.79 Å². The monoisotopic (exact) mass is 363 g/mol. The molecule has 1 amide bonds. The van der Waals surface area contributed by atoms with Crippen LogP contribution in [0.1, 0.15) is 11.8 Å². The molecule has 1 N–H and O–H groups in total. The molecule has 24 heavy (non-hydrogen) atoms. The standard InChI is InChI=1S/C16H14ClN3O3S/c1-9(21)18-8-11-4-6-14(24-11)15-19-16(23-20-15)12-5-3-10(17)7-13(12)22-2/h3-7H,8H2,1-2H3,(H,18,21). The van der Waals surface area contributed by atoms with Crippen LogP contribution in [0.15, 0.2) is 34.9 Å². The van der Waals surface area contributed by atoms with Gasteiger partial charge in [0.25, 0.3) is 5.89 Å². The minimum atomic E-state index is -0.0679. The highest BCUT2D eigenvalue weighted by Crippen LogP contribution is 2.33. The van der Waals surface area contributed by atoms with Crippen molar-refractivity contribution in [1.82, 2.24) is 15.5 Å². The second kappa shape index (κ2) is 7.02. The number of benzene rings is 1. The summed E-state index contributed by atoms with van der Waals surface area (Å²) >= 11 is 7.46. The van der Waals surface area contributed by atoms with Gasteiger partial charge in [-0.2, -0.15) is 4.98 Å². The van der Waals surface area contributed by atoms with E-state index in [1.807, 2.05) is 12.1 Å². The Morgan fingerprint density at radius 2 is 2.21 bits per heavy atom. The lowest BCUT2D eigenvalue weighted by Gasteiger charge is -2.04. The second-order valence-corrected chi connectivity index (χ2v) is 6.55. The quantitative estimate of drug-likeness (QED) is 0.746. The van der Waals surface area contributed by atoms with E-state index in [-0.39, 0.29) is 5.91 Å². The number of nitrogens with one attached hydrogen (secondary N) is 1. The van der Waals surface area contributed by atoms with E-state index >= 15 is 0 Å². The van der Waals surface area contributed by atoms with Gasteiger partial charge in [-0.1, -0.05) is 16.8 Å². The van der Waals surface area contributed by atoms with Gasteiger partial charge in [0.2, 0.25) is 11.7 Å². The van der Waals surface area contributed by atoms with Crippen molar-refractivity contribution < 1.29 is 14.1 Å². The molecule has 6 nitrogen and oxygen atoms in total. The van der Waals surface area contributed by atoms with Gasteiger partial charge in [0.1, 0.15) is 5.75 Å². The van der Waals surface area contributed by atoms with E-state index in [0.717, 1.165) is 9.75 Å². The Labute approximate surface area is 147 Å². The molecule has 0 atom stereocenters. The maximum Gasteiger partial charge on any atom is 0.262 e. The number of hydrogen-bond acceptors (Lipinski definition) is 6. The SMILES string of the molecule is COc1cc(Cl)ccc1-c1nc(-c2ccc(CNC(C)=O)s2)no1. The Hall–Kier alpha value is -2.38. The Bertz CT molecular complexity index is 875. The number of ether oxygens (including phenoxy) is 1. The highest BCUT2D eigenvalue weighted by molar-refractivity contribution is 7.15. The number of amides is 1. The van der Waals surface area contributed by atoms with E-state index in [9.17, 15) is 4.79 Å². The van der Waals surface area contributed by atoms with Crippen molar-refractivity contribution in [2.24, 2.45) is 0 Å². The smallest absolute Gasteiger partial charge is 0.262 e. The first kappa shape index (κ1) is 16.5. The molecule has 0 aliphatic rings. The van der Waals surface area contributed by atoms with Gasteiger partial charge in [-0.05, 0) is 30.3 Å². The third kappa shape index (κ3) is 3.58. The van der Waals surface area contributed by atoms with E-state index in [1.165, 1.54) is 18.3 Å². The Kier molecular flexibility index (Phi) is 4.82. The maximum absolute atomic E-state index is 11.0. The van der Waals surface area contributed by atoms with Crippen molar-refractivity contribution in [1.29, 1.82) is 0 Å². The summed E-state index contributed by atoms with van der Waals surface area (Å²) in [6.07, 6.45) is 0. The van der Waals surface area contributed by atoms with Crippen LogP contribution in [0.5, 0.6) is 5.75 Å². The van der Waals surface area contributed by atoms with Crippen molar-refractivity contribution in [2.75, 3.05) is 7.11 Å². The van der Waals surface area contributed by atoms with Crippen molar-refractivity contribution in [3.63, 3.8) is 0 Å². The highest BCUT2D eigenvalue weighted by Gasteiger charge is 2.16. The van der Waals surface area contributed by atoms with Crippen LogP contribution in [-0.4, -0.2) is 23.2 Å². The summed E-state index contributed by atoms with van der Waals surface area (Å²) in [6, 6.07) is 9.02. The van der Waals surface area contributed by atoms with E-state index in [0.29, 0.717) is 34.6 Å². The van der Waals surface area contributed by atoms with Gasteiger partial charge in [-0.15, -0.1) is 11.3 Å². The predicted octanol–water partition coefficient (Wildman–Crippen LogP) is 3.76. The minimum Gasteiger partial charge on any atom is -0.496 e. The zero-order chi connectivity index (χ0) is 17.1. The minimum absolute atomic E-state index is 0.0679. The predicted molar refractivity (Wildman–Crippen MR) is 92.1 cm³/mol. The number of rotatable bonds is 5. The van der Waals surface area contributed by atoms with E-state index in [4.69, 9.17) is 20.9 Å². The van der Waals surface area contributed by atoms with Crippen LogP contribution in [0.4, 0.5) is 0 Å². The average molecular weight is 364 g/mol. The number of methoxy groups -OCH3 is 1. The molecule has 0 spiro atoms. The first-order valence-electron chi connectivity index (χ1n) is 7.08. The molecule has 1 aromatic carbocycles. The summed E-state index contributed by atoms with van der Waals surface area (Å²) in [5.74, 6) is 1.34. The van der Waals surface area contributed by atoms with Crippen molar-refractivity contribution in [3.8, 4) is 27.9 Å². The van der Waals surface area contributed by atoms with E-state index < -0.39 is 0 Å². The molecular formula is C16H14ClN3O3S. The first-order chi connectivity index (χ1) is 11.6. The summed E-state index contributed by atoms with van der Waals surface area (Å²) in [5.41, 5.74) is 0.677. The van der Waals surface area contributed by atoms with Crippen molar-refractivity contribution >= 4 is 28.8 Å². The van der Waals surface area contributed by atoms with Crippen LogP contribution in [0.2, 0.25) is 5.02 Å². The third-order valence-electron chi connectivity index (χ3n) is 3.21. The average Bonchev–Trinajstić information content (AvgIpc) is 3.21. The molecule has 0 aliphatic carbocycles. The summed E-state index contributed by atoms with van der Waals surface area (Å²) in [5, 5.41) is 7.34. The van der Waals surface area contributed by atoms with Crippen LogP contribution in [-0.2, 0) is 11.3 Å². The Morgan fingerprint density at radius 1 is 1.38 bits per heavy atom. The van der Waals surface area contributed by atoms with Crippen LogP contribution in [0, 0.1) is 0 Å². The van der Waals surface area contributed by atoms with E-state index in [2.05, 4.69) is 15.5 Å². The molecule has 2 aromatic heterocycles. The molecule has 3 rings (SSSR count). The zero-order valence-corrected chi connectivity index (χ0v) is 14.6. The lowest BCUT2D eigenvalue weighted by molar-refractivity contribution is -0.119. The van der Waals surface area contributed by atoms with Gasteiger partial charge >= 0.3 is 0 Å². The number of carbonyl (C=O) groups excluding carboxylic acids is 1. The molecule has 2 heterocycles. The van der Waals surface area contributed by atoms with Gasteiger partial charge in [0.05, 0.1) is 24.1 Å². The summed E-state index contributed by atoms with van der Waals surface area (Å²) in [6.45, 7) is 1.97. The van der Waals surface area contributed by atoms with Crippen LogP contribution in [0.25, 0.3) is 22.2 Å². The van der Waals surface area contributed by atoms with Crippen LogP contribution in [0.3, 0.4) is 0 Å². The summed E-state index contributed by atoms with van der Waals surface area (Å²) < 4.78 is 10.7. The lowest BCUT2D eigenvalue weighted by atomic mass is 10.2. The Balaban J connectivity index is 1.85. The molecule has 0 aliphatic heterocycles. The van der Waals surface area contributed by atoms with Gasteiger partial charge in [0, 0.05) is 16.8 Å². The molecule has 0 unspecified atom stereocenters. The van der Waals surface area contributed by atoms with Gasteiger partial charge in [-0.25, -0.2) is 0 Å². The van der Waals surface area contributed by atoms with Crippen molar-refractivity contribution in [2.45, 2.75) is 13.5 Å². The fraction of sp³-hybridized carbons (Fsp3) is 0.188. The third-order valence-corrected chi connectivity index (χ3v) is 4.53. The molecular weight excluding hydrogens is 350 g/mol.